The van der Waals surface area contributed by atoms with Crippen LogP contribution < -0.4 is 10.1 Å². The van der Waals surface area contributed by atoms with E-state index < -0.39 is 0 Å². The van der Waals surface area contributed by atoms with Gasteiger partial charge in [0.15, 0.2) is 0 Å². The van der Waals surface area contributed by atoms with Crippen molar-refractivity contribution in [1.29, 1.82) is 0 Å². The van der Waals surface area contributed by atoms with Gasteiger partial charge in [-0.15, -0.1) is 0 Å². The minimum Gasteiger partial charge on any atom is -0.488 e. The molecule has 0 saturated heterocycles. The molecule has 3 rings (SSSR count). The Hall–Kier alpha value is -1.74. The summed E-state index contributed by atoms with van der Waals surface area (Å²) in [5, 5.41) is 5.38. The number of halogens is 1. The monoisotopic (exact) mass is 275 g/mol. The van der Waals surface area contributed by atoms with E-state index in [0.717, 1.165) is 17.2 Å². The van der Waals surface area contributed by atoms with Crippen molar-refractivity contribution in [2.24, 2.45) is 0 Å². The summed E-state index contributed by atoms with van der Waals surface area (Å²) >= 11 is 6.17. The number of rotatable bonds is 1. The molecule has 3 nitrogen and oxygen atoms in total. The van der Waals surface area contributed by atoms with E-state index in [4.69, 9.17) is 16.3 Å². The Morgan fingerprint density at radius 1 is 1.42 bits per heavy atom. The van der Waals surface area contributed by atoms with Crippen molar-refractivity contribution < 1.29 is 9.53 Å². The zero-order chi connectivity index (χ0) is 13.4. The lowest BCUT2D eigenvalue weighted by molar-refractivity contribution is 0.0950. The molecule has 0 fully saturated rings. The van der Waals surface area contributed by atoms with E-state index >= 15 is 0 Å². The molecular weight excluding hydrogens is 262 g/mol. The molecule has 2 aromatic rings. The summed E-state index contributed by atoms with van der Waals surface area (Å²) in [7, 11) is 0. The minimum atomic E-state index is -0.104. The lowest BCUT2D eigenvalue weighted by Crippen LogP contribution is -2.31. The zero-order valence-electron chi connectivity index (χ0n) is 10.6. The third-order valence-electron chi connectivity index (χ3n) is 3.41. The van der Waals surface area contributed by atoms with Gasteiger partial charge in [0, 0.05) is 10.4 Å². The summed E-state index contributed by atoms with van der Waals surface area (Å²) in [5.74, 6) is 0.532. The van der Waals surface area contributed by atoms with Crippen LogP contribution in [0.4, 0.5) is 0 Å². The minimum absolute atomic E-state index is 0.0156. The standard InChI is InChI=1S/C15H14ClNO2/c1-2-10-8-17-15(18)12-7-11-9(6-14(12)19-10)4-3-5-13(11)16/h3-7,10H,2,8H2,1H3,(H,17,18)/t10-/m1/s1. The van der Waals surface area contributed by atoms with Crippen LogP contribution >= 0.6 is 11.6 Å². The molecule has 1 atom stereocenters. The molecule has 1 heterocycles. The third-order valence-corrected chi connectivity index (χ3v) is 3.74. The Balaban J connectivity index is 2.20. The normalized spacial score (nSPS) is 18.4. The summed E-state index contributed by atoms with van der Waals surface area (Å²) in [4.78, 5) is 12.1. The van der Waals surface area contributed by atoms with Crippen molar-refractivity contribution in [2.45, 2.75) is 19.4 Å². The molecular formula is C15H14ClNO2. The van der Waals surface area contributed by atoms with Gasteiger partial charge in [0.25, 0.3) is 5.91 Å². The molecule has 98 valence electrons. The van der Waals surface area contributed by atoms with Crippen LogP contribution in [-0.2, 0) is 0 Å². The maximum absolute atomic E-state index is 12.1. The van der Waals surface area contributed by atoms with Crippen LogP contribution in [-0.4, -0.2) is 18.6 Å². The number of ether oxygens (including phenoxy) is 1. The van der Waals surface area contributed by atoms with Crippen LogP contribution in [0.15, 0.2) is 30.3 Å². The van der Waals surface area contributed by atoms with Gasteiger partial charge in [-0.25, -0.2) is 0 Å². The van der Waals surface area contributed by atoms with Gasteiger partial charge in [-0.3, -0.25) is 4.79 Å². The van der Waals surface area contributed by atoms with Gasteiger partial charge in [0.1, 0.15) is 11.9 Å². The first-order valence-electron chi connectivity index (χ1n) is 6.36. The predicted octanol–water partition coefficient (Wildman–Crippen LogP) is 3.39. The topological polar surface area (TPSA) is 38.3 Å². The highest BCUT2D eigenvalue weighted by atomic mass is 35.5. The largest absolute Gasteiger partial charge is 0.488 e. The molecule has 0 spiro atoms. The number of nitrogens with one attached hydrogen (secondary N) is 1. The fraction of sp³-hybridized carbons (Fsp3) is 0.267. The van der Waals surface area contributed by atoms with Gasteiger partial charge in [-0.05, 0) is 30.0 Å². The van der Waals surface area contributed by atoms with Gasteiger partial charge in [0.2, 0.25) is 0 Å². The van der Waals surface area contributed by atoms with Crippen molar-refractivity contribution in [3.05, 3.63) is 40.9 Å². The molecule has 0 unspecified atom stereocenters. The summed E-state index contributed by atoms with van der Waals surface area (Å²) in [5.41, 5.74) is 0.552. The van der Waals surface area contributed by atoms with E-state index in [1.807, 2.05) is 31.2 Å². The molecule has 4 heteroatoms. The second-order valence-corrected chi connectivity index (χ2v) is 5.07. The summed E-state index contributed by atoms with van der Waals surface area (Å²) < 4.78 is 5.90. The molecule has 0 radical (unpaired) electrons. The van der Waals surface area contributed by atoms with Gasteiger partial charge < -0.3 is 10.1 Å². The van der Waals surface area contributed by atoms with E-state index in [2.05, 4.69) is 5.32 Å². The first-order chi connectivity index (χ1) is 9.19. The summed E-state index contributed by atoms with van der Waals surface area (Å²) in [6, 6.07) is 9.38. The lowest BCUT2D eigenvalue weighted by atomic mass is 10.1. The molecule has 0 saturated carbocycles. The first-order valence-corrected chi connectivity index (χ1v) is 6.74. The van der Waals surface area contributed by atoms with Crippen molar-refractivity contribution in [3.63, 3.8) is 0 Å². The molecule has 1 N–H and O–H groups in total. The van der Waals surface area contributed by atoms with Gasteiger partial charge in [0.05, 0.1) is 12.1 Å². The highest BCUT2D eigenvalue weighted by Gasteiger charge is 2.22. The Bertz CT molecular complexity index is 654. The van der Waals surface area contributed by atoms with Crippen molar-refractivity contribution in [2.75, 3.05) is 6.54 Å². The van der Waals surface area contributed by atoms with Crippen LogP contribution in [0.3, 0.4) is 0 Å². The van der Waals surface area contributed by atoms with Crippen LogP contribution in [0.2, 0.25) is 5.02 Å². The Morgan fingerprint density at radius 3 is 3.05 bits per heavy atom. The molecule has 2 aromatic carbocycles. The maximum atomic E-state index is 12.1. The fourth-order valence-corrected chi connectivity index (χ4v) is 2.53. The molecule has 1 aliphatic heterocycles. The van der Waals surface area contributed by atoms with E-state index in [0.29, 0.717) is 22.9 Å². The van der Waals surface area contributed by atoms with Crippen LogP contribution in [0.25, 0.3) is 10.8 Å². The van der Waals surface area contributed by atoms with Crippen LogP contribution in [0.1, 0.15) is 23.7 Å². The van der Waals surface area contributed by atoms with Gasteiger partial charge in [-0.2, -0.15) is 0 Å². The number of hydrogen-bond donors (Lipinski definition) is 1. The lowest BCUT2D eigenvalue weighted by Gasteiger charge is -2.15. The van der Waals surface area contributed by atoms with Crippen LogP contribution in [0, 0.1) is 0 Å². The zero-order valence-corrected chi connectivity index (χ0v) is 11.3. The number of fused-ring (bicyclic) bond motifs is 2. The number of amides is 1. The van der Waals surface area contributed by atoms with Crippen LogP contribution in [0.5, 0.6) is 5.75 Å². The first kappa shape index (κ1) is 12.3. The van der Waals surface area contributed by atoms with Crippen molar-refractivity contribution in [3.8, 4) is 5.75 Å². The molecule has 0 bridgehead atoms. The number of carbonyl (C=O) groups excluding carboxylic acids is 1. The smallest absolute Gasteiger partial charge is 0.255 e. The van der Waals surface area contributed by atoms with Gasteiger partial charge >= 0.3 is 0 Å². The predicted molar refractivity (Wildman–Crippen MR) is 76.0 cm³/mol. The molecule has 1 amide bonds. The average molecular weight is 276 g/mol. The van der Waals surface area contributed by atoms with E-state index in [1.165, 1.54) is 0 Å². The number of benzene rings is 2. The Morgan fingerprint density at radius 2 is 2.26 bits per heavy atom. The van der Waals surface area contributed by atoms with E-state index in [-0.39, 0.29) is 12.0 Å². The molecule has 19 heavy (non-hydrogen) atoms. The average Bonchev–Trinajstić information content (AvgIpc) is 2.57. The van der Waals surface area contributed by atoms with E-state index in [9.17, 15) is 4.79 Å². The van der Waals surface area contributed by atoms with Crippen molar-refractivity contribution >= 4 is 28.3 Å². The van der Waals surface area contributed by atoms with E-state index in [1.54, 1.807) is 6.07 Å². The van der Waals surface area contributed by atoms with Crippen molar-refractivity contribution in [1.82, 2.24) is 5.32 Å². The summed E-state index contributed by atoms with van der Waals surface area (Å²) in [6.07, 6.45) is 0.870. The second-order valence-electron chi connectivity index (χ2n) is 4.67. The molecule has 1 aliphatic rings. The van der Waals surface area contributed by atoms with Gasteiger partial charge in [-0.1, -0.05) is 30.7 Å². The number of carbonyl (C=O) groups is 1. The SMILES string of the molecule is CC[C@@H]1CNC(=O)c2cc3c(Cl)cccc3cc2O1. The molecule has 0 aromatic heterocycles. The Labute approximate surface area is 116 Å². The Kier molecular flexibility index (Phi) is 3.07. The quantitative estimate of drug-likeness (QED) is 0.866. The molecule has 0 aliphatic carbocycles. The highest BCUT2D eigenvalue weighted by Crippen LogP contribution is 2.32. The maximum Gasteiger partial charge on any atom is 0.255 e. The fourth-order valence-electron chi connectivity index (χ4n) is 2.29. The summed E-state index contributed by atoms with van der Waals surface area (Å²) in [6.45, 7) is 2.58. The second kappa shape index (κ2) is 4.74. The highest BCUT2D eigenvalue weighted by molar-refractivity contribution is 6.35. The third kappa shape index (κ3) is 2.15. The number of hydrogen-bond acceptors (Lipinski definition) is 2.